The highest BCUT2D eigenvalue weighted by molar-refractivity contribution is 5.87. The van der Waals surface area contributed by atoms with Crippen molar-refractivity contribution in [3.05, 3.63) is 84.1 Å². The number of amides is 1. The summed E-state index contributed by atoms with van der Waals surface area (Å²) >= 11 is 0. The van der Waals surface area contributed by atoms with Gasteiger partial charge in [-0.3, -0.25) is 13.9 Å². The minimum Gasteiger partial charge on any atom is -0.457 e. The Kier molecular flexibility index (Phi) is 17.4. The number of nitrogens with zero attached hydrogens (tertiary/aromatic N) is 5. The molecule has 1 fully saturated rings. The Labute approximate surface area is 344 Å². The predicted octanol–water partition coefficient (Wildman–Crippen LogP) is 4.44. The number of nitrogens with two attached hydrogens (primary N) is 1. The first-order valence-corrected chi connectivity index (χ1v) is 17.8. The molecule has 9 nitrogen and oxygen atoms in total. The van der Waals surface area contributed by atoms with E-state index in [0.29, 0.717) is 42.2 Å². The second-order valence-corrected chi connectivity index (χ2v) is 11.5. The van der Waals surface area contributed by atoms with Crippen LogP contribution in [0.2, 0.25) is 0 Å². The van der Waals surface area contributed by atoms with Crippen LogP contribution in [0.4, 0.5) is 5.82 Å². The number of carbonyl (C=O) groups excluding carboxylic acids is 1. The van der Waals surface area contributed by atoms with Gasteiger partial charge in [0.1, 0.15) is 23.3 Å². The molecule has 9 heteroatoms. The molecule has 4 aromatic rings. The van der Waals surface area contributed by atoms with E-state index in [1.54, 1.807) is 27.9 Å². The number of para-hydroxylation sites is 1. The van der Waals surface area contributed by atoms with E-state index >= 15 is 0 Å². The topological polar surface area (TPSA) is 108 Å². The van der Waals surface area contributed by atoms with Crippen LogP contribution in [0.5, 0.6) is 11.5 Å². The fraction of sp³-hybridized carbons (Fsp3) is 0.160. The number of likely N-dealkylation sites (tertiary alicyclic amines) is 1. The van der Waals surface area contributed by atoms with Crippen LogP contribution in [0.1, 0.15) is 26.7 Å². The number of hydrogen-bond donors (Lipinski definition) is 1. The smallest absolute Gasteiger partial charge is 0.335 e. The molecular formula is C50H32N6O3. The molecule has 2 aromatic heterocycles. The van der Waals surface area contributed by atoms with E-state index in [4.69, 9.17) is 10.5 Å². The van der Waals surface area contributed by atoms with Gasteiger partial charge in [0, 0.05) is 43.3 Å². The summed E-state index contributed by atoms with van der Waals surface area (Å²) in [6.07, 6.45) is 4.31. The number of hydrogen-bond acceptors (Lipinski definition) is 6. The molecule has 1 amide bonds. The Morgan fingerprint density at radius 1 is 0.712 bits per heavy atom. The molecule has 0 atom stereocenters. The van der Waals surface area contributed by atoms with E-state index in [0.717, 1.165) is 18.6 Å². The number of fused-ring (bicyclic) bond motifs is 1. The summed E-state index contributed by atoms with van der Waals surface area (Å²) in [5.41, 5.74) is 7.60. The summed E-state index contributed by atoms with van der Waals surface area (Å²) < 4.78 is 9.09. The lowest BCUT2D eigenvalue weighted by atomic mass is 9.96. The first-order valence-electron chi connectivity index (χ1n) is 17.8. The summed E-state index contributed by atoms with van der Waals surface area (Å²) in [6.45, 7) is 8.73. The third-order valence-electron chi connectivity index (χ3n) is 7.79. The number of imidazole rings is 1. The van der Waals surface area contributed by atoms with Gasteiger partial charge in [0.25, 0.3) is 0 Å². The van der Waals surface area contributed by atoms with E-state index in [-0.39, 0.29) is 23.3 Å². The third-order valence-corrected chi connectivity index (χ3v) is 7.79. The fourth-order valence-corrected chi connectivity index (χ4v) is 5.20. The van der Waals surface area contributed by atoms with Crippen LogP contribution in [0.25, 0.3) is 16.9 Å². The summed E-state index contributed by atoms with van der Waals surface area (Å²) in [7, 11) is 0. The quantitative estimate of drug-likeness (QED) is 0.230. The fourth-order valence-electron chi connectivity index (χ4n) is 5.20. The summed E-state index contributed by atoms with van der Waals surface area (Å²) in [4.78, 5) is 35.8. The van der Waals surface area contributed by atoms with Gasteiger partial charge in [0.15, 0.2) is 11.5 Å². The van der Waals surface area contributed by atoms with Crippen LogP contribution in [-0.2, 0) is 11.3 Å². The summed E-state index contributed by atoms with van der Waals surface area (Å²) in [5, 5.41) is 0. The SMILES string of the molecule is C=CC(=O)N1CCC(Cn2c(=O)n(-c3ccc(Oc4ccccc4)cc3)c3c(N)ncnc32)CC1.CC#CC#CC#CC#CC#CC#CC#CC#CC#CC#CC#CC. The molecule has 1 aliphatic rings. The summed E-state index contributed by atoms with van der Waals surface area (Å²) in [6, 6.07) is 16.7. The van der Waals surface area contributed by atoms with Gasteiger partial charge in [-0.05, 0) is 170 Å². The van der Waals surface area contributed by atoms with Gasteiger partial charge < -0.3 is 15.4 Å². The highest BCUT2D eigenvalue weighted by Crippen LogP contribution is 2.26. The Morgan fingerprint density at radius 3 is 1.63 bits per heavy atom. The Hall–Kier alpha value is -9.24. The molecular weight excluding hydrogens is 733 g/mol. The van der Waals surface area contributed by atoms with Crippen LogP contribution in [0.15, 0.2) is 78.4 Å². The van der Waals surface area contributed by atoms with Crippen LogP contribution in [0.3, 0.4) is 0 Å². The van der Waals surface area contributed by atoms with Crippen molar-refractivity contribution in [1.82, 2.24) is 24.0 Å². The zero-order chi connectivity index (χ0) is 41.9. The molecule has 0 radical (unpaired) electrons. The largest absolute Gasteiger partial charge is 0.457 e. The zero-order valence-corrected chi connectivity index (χ0v) is 32.2. The molecule has 0 aliphatic carbocycles. The van der Waals surface area contributed by atoms with Gasteiger partial charge in [-0.15, -0.1) is 0 Å². The van der Waals surface area contributed by atoms with Crippen molar-refractivity contribution in [3.8, 4) is 147 Å². The standard InChI is InChI=1S/C26H26N6O3.C24H6/c1-2-22(33)30-14-12-18(13-15-30)16-31-25-23(24(27)28-17-29-25)32(26(31)34)19-8-10-21(11-9-19)35-20-6-4-3-5-7-20;1-3-5-7-9-11-13-15-17-19-21-23-24-22-20-18-16-14-12-10-8-6-4-2/h2-11,17-18H,1,12-16H2,(H2,27,28,29);1-2H3. The van der Waals surface area contributed by atoms with E-state index in [9.17, 15) is 9.59 Å². The van der Waals surface area contributed by atoms with Gasteiger partial charge in [-0.2, -0.15) is 0 Å². The molecule has 280 valence electrons. The predicted molar refractivity (Wildman–Crippen MR) is 230 cm³/mol. The van der Waals surface area contributed by atoms with Crippen molar-refractivity contribution < 1.29 is 9.53 Å². The number of rotatable bonds is 6. The molecule has 59 heavy (non-hydrogen) atoms. The van der Waals surface area contributed by atoms with Crippen molar-refractivity contribution in [2.75, 3.05) is 18.8 Å². The lowest BCUT2D eigenvalue weighted by Crippen LogP contribution is -2.39. The van der Waals surface area contributed by atoms with E-state index in [2.05, 4.69) is 147 Å². The normalized spacial score (nSPS) is 10.0. The Morgan fingerprint density at radius 2 is 1.17 bits per heavy atom. The molecule has 2 aromatic carbocycles. The number of piperidine rings is 1. The van der Waals surface area contributed by atoms with Gasteiger partial charge in [0.2, 0.25) is 5.91 Å². The average Bonchev–Trinajstić information content (AvgIpc) is 3.54. The number of nitrogen functional groups attached to an aromatic ring is 1. The van der Waals surface area contributed by atoms with E-state index < -0.39 is 0 Å². The number of anilines is 1. The summed E-state index contributed by atoms with van der Waals surface area (Å²) in [5.74, 6) is 57.4. The molecule has 5 rings (SSSR count). The maximum Gasteiger partial charge on any atom is 0.335 e. The minimum absolute atomic E-state index is 0.0579. The van der Waals surface area contributed by atoms with Crippen LogP contribution in [0, 0.1) is 136 Å². The van der Waals surface area contributed by atoms with Crippen molar-refractivity contribution >= 4 is 22.9 Å². The van der Waals surface area contributed by atoms with Gasteiger partial charge >= 0.3 is 5.69 Å². The van der Waals surface area contributed by atoms with Crippen molar-refractivity contribution in [3.63, 3.8) is 0 Å². The molecule has 1 aliphatic heterocycles. The second-order valence-electron chi connectivity index (χ2n) is 11.5. The Bertz CT molecular complexity index is 2900. The molecule has 0 bridgehead atoms. The van der Waals surface area contributed by atoms with Crippen LogP contribution >= 0.6 is 0 Å². The highest BCUT2D eigenvalue weighted by Gasteiger charge is 2.25. The number of carbonyl (C=O) groups is 1. The second kappa shape index (κ2) is 24.2. The zero-order valence-electron chi connectivity index (χ0n) is 32.2. The maximum atomic E-state index is 13.6. The first-order chi connectivity index (χ1) is 29.0. The molecule has 3 heterocycles. The van der Waals surface area contributed by atoms with Crippen LogP contribution < -0.4 is 16.2 Å². The van der Waals surface area contributed by atoms with Crippen molar-refractivity contribution in [2.24, 2.45) is 5.92 Å². The van der Waals surface area contributed by atoms with E-state index in [1.165, 1.54) is 12.4 Å². The van der Waals surface area contributed by atoms with Crippen LogP contribution in [-0.4, -0.2) is 43.0 Å². The lowest BCUT2D eigenvalue weighted by Gasteiger charge is -2.31. The highest BCUT2D eigenvalue weighted by atomic mass is 16.5. The number of aromatic nitrogens is 4. The lowest BCUT2D eigenvalue weighted by molar-refractivity contribution is -0.127. The third kappa shape index (κ3) is 13.8. The number of ether oxygens (including phenoxy) is 1. The molecule has 2 N–H and O–H groups in total. The minimum atomic E-state index is -0.228. The maximum absolute atomic E-state index is 13.6. The first kappa shape index (κ1) is 42.5. The Balaban J connectivity index is 0.000000283. The van der Waals surface area contributed by atoms with Crippen molar-refractivity contribution in [2.45, 2.75) is 33.2 Å². The molecule has 0 spiro atoms. The van der Waals surface area contributed by atoms with E-state index in [1.807, 2.05) is 54.6 Å². The molecule has 0 saturated carbocycles. The van der Waals surface area contributed by atoms with Crippen molar-refractivity contribution in [1.29, 1.82) is 0 Å². The molecule has 0 unspecified atom stereocenters. The monoisotopic (exact) mass is 764 g/mol. The molecule has 1 saturated heterocycles. The van der Waals surface area contributed by atoms with Gasteiger partial charge in [-0.1, -0.05) is 36.6 Å². The van der Waals surface area contributed by atoms with Gasteiger partial charge in [0.05, 0.1) is 5.69 Å². The average molecular weight is 765 g/mol. The number of benzene rings is 2. The van der Waals surface area contributed by atoms with Gasteiger partial charge in [-0.25, -0.2) is 14.8 Å².